The van der Waals surface area contributed by atoms with Crippen molar-refractivity contribution in [2.24, 2.45) is 12.2 Å². The van der Waals surface area contributed by atoms with Gasteiger partial charge in [0.15, 0.2) is 0 Å². The summed E-state index contributed by atoms with van der Waals surface area (Å²) >= 11 is 0. The fraction of sp³-hybridized carbons (Fsp3) is 0.417. The van der Waals surface area contributed by atoms with Gasteiger partial charge < -0.3 is 4.57 Å². The smallest absolute Gasteiger partial charge is 0.238 e. The molecule has 1 aromatic carbocycles. The average molecular weight is 499 g/mol. The number of sulfonamides is 1. The lowest BCUT2D eigenvalue weighted by molar-refractivity contribution is 0.198. The number of aromatic amines is 1. The summed E-state index contributed by atoms with van der Waals surface area (Å²) < 4.78 is 26.0. The summed E-state index contributed by atoms with van der Waals surface area (Å²) in [7, 11) is -1.99. The number of hydrogen-bond acceptors (Lipinski definition) is 7. The van der Waals surface area contributed by atoms with Gasteiger partial charge in [-0.3, -0.25) is 4.90 Å². The van der Waals surface area contributed by atoms with Gasteiger partial charge in [-0.25, -0.2) is 18.5 Å². The van der Waals surface area contributed by atoms with Gasteiger partial charge in [0.1, 0.15) is 5.82 Å². The number of piperidine rings is 1. The molecule has 3 aromatic rings. The molecule has 2 aromatic heterocycles. The van der Waals surface area contributed by atoms with Crippen molar-refractivity contribution >= 4 is 21.2 Å². The molecule has 0 spiro atoms. The zero-order valence-corrected chi connectivity index (χ0v) is 21.6. The van der Waals surface area contributed by atoms with Crippen LogP contribution in [0.25, 0.3) is 11.1 Å². The number of allylic oxidation sites excluding steroid dienone is 2. The molecule has 35 heavy (non-hydrogen) atoms. The number of aryl methyl sites for hydroxylation is 1. The average Bonchev–Trinajstić information content (AvgIpc) is 3.53. The van der Waals surface area contributed by atoms with Crippen LogP contribution >= 0.6 is 0 Å². The predicted molar refractivity (Wildman–Crippen MR) is 137 cm³/mol. The molecule has 1 aliphatic rings. The number of benzene rings is 1. The van der Waals surface area contributed by atoms with Crippen molar-refractivity contribution in [2.75, 3.05) is 13.1 Å². The fourth-order valence-electron chi connectivity index (χ4n) is 4.23. The molecule has 0 radical (unpaired) electrons. The van der Waals surface area contributed by atoms with Gasteiger partial charge in [-0.15, -0.1) is 10.2 Å². The number of nitrogens with one attached hydrogen (secondary N) is 1. The molecule has 0 unspecified atom stereocenters. The van der Waals surface area contributed by atoms with Crippen molar-refractivity contribution in [2.45, 2.75) is 46.1 Å². The Morgan fingerprint density at radius 3 is 2.37 bits per heavy atom. The molecule has 0 bridgehead atoms. The van der Waals surface area contributed by atoms with Crippen LogP contribution in [0.5, 0.6) is 0 Å². The van der Waals surface area contributed by atoms with Gasteiger partial charge in [-0.2, -0.15) is 5.21 Å². The second-order valence-electron chi connectivity index (χ2n) is 8.33. The number of nitrogens with two attached hydrogens (primary N) is 1. The molecule has 188 valence electrons. The quantitative estimate of drug-likeness (QED) is 0.478. The molecule has 0 atom stereocenters. The van der Waals surface area contributed by atoms with Crippen molar-refractivity contribution in [3.63, 3.8) is 0 Å². The van der Waals surface area contributed by atoms with Gasteiger partial charge >= 0.3 is 0 Å². The Bertz CT molecular complexity index is 1250. The number of hydrogen-bond donors (Lipinski definition) is 2. The lowest BCUT2D eigenvalue weighted by Crippen LogP contribution is -2.33. The van der Waals surface area contributed by atoms with Gasteiger partial charge in [0, 0.05) is 25.0 Å². The zero-order chi connectivity index (χ0) is 25.6. The van der Waals surface area contributed by atoms with Crippen LogP contribution in [0, 0.1) is 0 Å². The maximum Gasteiger partial charge on any atom is 0.238 e. The number of aromatic nitrogens is 6. The summed E-state index contributed by atoms with van der Waals surface area (Å²) in [4.78, 5) is 6.62. The van der Waals surface area contributed by atoms with E-state index in [1.54, 1.807) is 6.92 Å². The highest BCUT2D eigenvalue weighted by Gasteiger charge is 2.24. The minimum atomic E-state index is -4.02. The first kappa shape index (κ1) is 26.5. The molecule has 0 saturated carbocycles. The minimum Gasteiger partial charge on any atom is -0.337 e. The number of primary sulfonamides is 1. The predicted octanol–water partition coefficient (Wildman–Crippen LogP) is 3.07. The standard InChI is InChI=1S/C22H28N8O2S.C2H6/c1-15(21(16(2)33(23,31)32)22-25-27-28-26-22)17-4-6-18(7-5-17)19-8-11-30(12-9-19)14-20-24-10-13-29(20)3;1-2/h4-7,10,13,19H,2,8-9,11-12,14H2,1,3H3,(H2,23,31,32)(H,25,26,27,28);1-2H3/b21-15-;. The van der Waals surface area contributed by atoms with Crippen LogP contribution in [0.2, 0.25) is 0 Å². The number of imidazole rings is 1. The van der Waals surface area contributed by atoms with E-state index in [4.69, 9.17) is 5.14 Å². The van der Waals surface area contributed by atoms with Crippen LogP contribution in [0.1, 0.15) is 62.3 Å². The summed E-state index contributed by atoms with van der Waals surface area (Å²) in [5.41, 5.74) is 3.03. The van der Waals surface area contributed by atoms with Gasteiger partial charge in [-0.1, -0.05) is 44.7 Å². The summed E-state index contributed by atoms with van der Waals surface area (Å²) in [6.07, 6.45) is 5.97. The number of H-pyrrole nitrogens is 1. The normalized spacial score (nSPS) is 15.8. The van der Waals surface area contributed by atoms with Crippen LogP contribution in [-0.4, -0.2) is 56.6 Å². The maximum atomic E-state index is 12.0. The Morgan fingerprint density at radius 2 is 1.86 bits per heavy atom. The number of nitrogens with zero attached hydrogens (tertiary/aromatic N) is 6. The summed E-state index contributed by atoms with van der Waals surface area (Å²) in [5.74, 6) is 1.70. The number of likely N-dealkylation sites (tertiary alicyclic amines) is 1. The SMILES string of the molecule is C=C(/C(=C(\C)c1ccc(C2CCN(Cc3nccn3C)CC2)cc1)c1nn[nH]n1)S(N)(=O)=O.CC. The lowest BCUT2D eigenvalue weighted by Gasteiger charge is -2.32. The van der Waals surface area contributed by atoms with E-state index in [1.165, 1.54) is 5.56 Å². The highest BCUT2D eigenvalue weighted by molar-refractivity contribution is 7.93. The first-order valence-corrected chi connectivity index (χ1v) is 13.2. The summed E-state index contributed by atoms with van der Waals surface area (Å²) in [6.45, 7) is 12.4. The first-order valence-electron chi connectivity index (χ1n) is 11.7. The second-order valence-corrected chi connectivity index (χ2v) is 9.91. The van der Waals surface area contributed by atoms with Crippen molar-refractivity contribution in [1.29, 1.82) is 0 Å². The molecule has 1 aliphatic heterocycles. The van der Waals surface area contributed by atoms with Gasteiger partial charge in [0.05, 0.1) is 11.4 Å². The third kappa shape index (κ3) is 6.30. The third-order valence-electron chi connectivity index (χ3n) is 6.25. The molecule has 11 heteroatoms. The highest BCUT2D eigenvalue weighted by atomic mass is 32.2. The lowest BCUT2D eigenvalue weighted by atomic mass is 9.88. The van der Waals surface area contributed by atoms with E-state index in [-0.39, 0.29) is 16.3 Å². The molecule has 0 amide bonds. The Hall–Kier alpha value is -3.15. The van der Waals surface area contributed by atoms with Crippen molar-refractivity contribution in [1.82, 2.24) is 35.1 Å². The zero-order valence-electron chi connectivity index (χ0n) is 20.8. The molecular weight excluding hydrogens is 464 g/mol. The monoisotopic (exact) mass is 498 g/mol. The first-order chi connectivity index (χ1) is 16.7. The summed E-state index contributed by atoms with van der Waals surface area (Å²) in [6, 6.07) is 8.18. The van der Waals surface area contributed by atoms with Gasteiger partial charge in [-0.05, 0) is 60.7 Å². The van der Waals surface area contributed by atoms with Gasteiger partial charge in [0.2, 0.25) is 15.8 Å². The van der Waals surface area contributed by atoms with Crippen LogP contribution in [0.3, 0.4) is 0 Å². The molecule has 3 N–H and O–H groups in total. The second kappa shape index (κ2) is 11.5. The maximum absolute atomic E-state index is 12.0. The van der Waals surface area contributed by atoms with Crippen LogP contribution in [0.4, 0.5) is 0 Å². The minimum absolute atomic E-state index is 0.135. The molecule has 0 aliphatic carbocycles. The van der Waals surface area contributed by atoms with E-state index in [0.29, 0.717) is 11.5 Å². The van der Waals surface area contributed by atoms with Crippen LogP contribution in [-0.2, 0) is 23.6 Å². The van der Waals surface area contributed by atoms with E-state index in [0.717, 1.165) is 43.9 Å². The number of rotatable bonds is 7. The van der Waals surface area contributed by atoms with Crippen molar-refractivity contribution < 1.29 is 8.42 Å². The van der Waals surface area contributed by atoms with Crippen molar-refractivity contribution in [3.8, 4) is 0 Å². The van der Waals surface area contributed by atoms with E-state index in [2.05, 4.69) is 53.8 Å². The molecule has 4 rings (SSSR count). The topological polar surface area (TPSA) is 136 Å². The van der Waals surface area contributed by atoms with Crippen LogP contribution in [0.15, 0.2) is 48.1 Å². The van der Waals surface area contributed by atoms with E-state index in [9.17, 15) is 8.42 Å². The Labute approximate surface area is 207 Å². The van der Waals surface area contributed by atoms with E-state index in [1.807, 2.05) is 45.4 Å². The van der Waals surface area contributed by atoms with E-state index < -0.39 is 10.0 Å². The molecule has 1 saturated heterocycles. The Balaban J connectivity index is 0.00000167. The summed E-state index contributed by atoms with van der Waals surface area (Å²) in [5, 5.41) is 19.1. The molecule has 10 nitrogen and oxygen atoms in total. The highest BCUT2D eigenvalue weighted by Crippen LogP contribution is 2.33. The Kier molecular flexibility index (Phi) is 8.71. The van der Waals surface area contributed by atoms with Crippen LogP contribution < -0.4 is 5.14 Å². The molecule has 3 heterocycles. The fourth-order valence-corrected chi connectivity index (χ4v) is 4.76. The number of tetrazole rings is 1. The molecule has 1 fully saturated rings. The van der Waals surface area contributed by atoms with Gasteiger partial charge in [0.25, 0.3) is 0 Å². The molecular formula is C24H34N8O2S. The van der Waals surface area contributed by atoms with Crippen molar-refractivity contribution in [3.05, 3.63) is 70.9 Å². The van der Waals surface area contributed by atoms with E-state index >= 15 is 0 Å². The largest absolute Gasteiger partial charge is 0.337 e. The Morgan fingerprint density at radius 1 is 1.20 bits per heavy atom. The third-order valence-corrected chi connectivity index (χ3v) is 7.15.